The van der Waals surface area contributed by atoms with Crippen molar-refractivity contribution < 1.29 is 9.90 Å². The highest BCUT2D eigenvalue weighted by atomic mass is 79.9. The van der Waals surface area contributed by atoms with Crippen LogP contribution in [-0.4, -0.2) is 11.1 Å². The molecule has 2 aromatic rings. The number of hydrogen-bond donors (Lipinski definition) is 2. The molecule has 1 aromatic carbocycles. The zero-order valence-corrected chi connectivity index (χ0v) is 13.4. The van der Waals surface area contributed by atoms with Crippen LogP contribution in [0.3, 0.4) is 0 Å². The maximum Gasteiger partial charge on any atom is 0.305 e. The molecule has 1 aromatic heterocycles. The molecule has 0 bridgehead atoms. The summed E-state index contributed by atoms with van der Waals surface area (Å²) in [5, 5.41) is 14.4. The molecule has 2 N–H and O–H groups in total. The fraction of sp³-hybridized carbons (Fsp3) is 0.267. The molecule has 3 nitrogen and oxygen atoms in total. The second kappa shape index (κ2) is 7.02. The second-order valence-corrected chi connectivity index (χ2v) is 6.50. The van der Waals surface area contributed by atoms with E-state index in [1.54, 1.807) is 11.3 Å². The SMILES string of the molecule is CC(NC(CC(=O)O)c1cccs1)c1ccc(Br)cc1. The van der Waals surface area contributed by atoms with Crippen LogP contribution in [0.2, 0.25) is 0 Å². The summed E-state index contributed by atoms with van der Waals surface area (Å²) in [5.74, 6) is -0.793. The largest absolute Gasteiger partial charge is 0.481 e. The first-order valence-electron chi connectivity index (χ1n) is 6.33. The van der Waals surface area contributed by atoms with E-state index in [1.165, 1.54) is 0 Å². The minimum absolute atomic E-state index is 0.0847. The summed E-state index contributed by atoms with van der Waals surface area (Å²) in [6.45, 7) is 2.05. The van der Waals surface area contributed by atoms with Crippen LogP contribution in [0.1, 0.15) is 35.9 Å². The van der Waals surface area contributed by atoms with E-state index >= 15 is 0 Å². The van der Waals surface area contributed by atoms with Crippen molar-refractivity contribution in [2.45, 2.75) is 25.4 Å². The lowest BCUT2D eigenvalue weighted by atomic mass is 10.1. The van der Waals surface area contributed by atoms with Crippen molar-refractivity contribution in [3.05, 3.63) is 56.7 Å². The molecule has 1 heterocycles. The van der Waals surface area contributed by atoms with E-state index in [2.05, 4.69) is 21.2 Å². The van der Waals surface area contributed by atoms with Gasteiger partial charge in [-0.15, -0.1) is 11.3 Å². The van der Waals surface area contributed by atoms with Crippen LogP contribution in [0.4, 0.5) is 0 Å². The summed E-state index contributed by atoms with van der Waals surface area (Å²) in [4.78, 5) is 12.1. The molecule has 0 spiro atoms. The number of carboxylic acid groups (broad SMARTS) is 1. The lowest BCUT2D eigenvalue weighted by Gasteiger charge is -2.21. The van der Waals surface area contributed by atoms with Crippen molar-refractivity contribution in [2.75, 3.05) is 0 Å². The van der Waals surface area contributed by atoms with Crippen molar-refractivity contribution in [3.8, 4) is 0 Å². The Morgan fingerprint density at radius 1 is 1.35 bits per heavy atom. The molecule has 0 aliphatic rings. The smallest absolute Gasteiger partial charge is 0.305 e. The average Bonchev–Trinajstić information content (AvgIpc) is 2.92. The lowest BCUT2D eigenvalue weighted by molar-refractivity contribution is -0.137. The van der Waals surface area contributed by atoms with Gasteiger partial charge in [0.25, 0.3) is 0 Å². The Morgan fingerprint density at radius 3 is 2.60 bits per heavy atom. The van der Waals surface area contributed by atoms with Crippen LogP contribution >= 0.6 is 27.3 Å². The molecule has 0 fully saturated rings. The normalized spacial score (nSPS) is 13.9. The molecule has 0 radical (unpaired) electrons. The van der Waals surface area contributed by atoms with Gasteiger partial charge in [0.1, 0.15) is 0 Å². The number of carbonyl (C=O) groups is 1. The van der Waals surface area contributed by atoms with E-state index in [9.17, 15) is 4.79 Å². The third-order valence-corrected chi connectivity index (χ3v) is 4.60. The monoisotopic (exact) mass is 353 g/mol. The number of carboxylic acids is 1. The fourth-order valence-electron chi connectivity index (χ4n) is 2.06. The Labute approximate surface area is 130 Å². The van der Waals surface area contributed by atoms with Crippen LogP contribution in [0, 0.1) is 0 Å². The zero-order valence-electron chi connectivity index (χ0n) is 11.0. The number of aliphatic carboxylic acids is 1. The van der Waals surface area contributed by atoms with E-state index in [-0.39, 0.29) is 18.5 Å². The highest BCUT2D eigenvalue weighted by Crippen LogP contribution is 2.26. The van der Waals surface area contributed by atoms with Crippen LogP contribution in [0.5, 0.6) is 0 Å². The van der Waals surface area contributed by atoms with Crippen molar-refractivity contribution in [1.82, 2.24) is 5.32 Å². The predicted molar refractivity (Wildman–Crippen MR) is 85.0 cm³/mol. The number of nitrogens with one attached hydrogen (secondary N) is 1. The van der Waals surface area contributed by atoms with E-state index in [1.807, 2.05) is 48.7 Å². The minimum atomic E-state index is -0.793. The maximum absolute atomic E-state index is 11.0. The van der Waals surface area contributed by atoms with Crippen molar-refractivity contribution in [1.29, 1.82) is 0 Å². The molecule has 0 aliphatic carbocycles. The number of thiophene rings is 1. The molecule has 0 saturated heterocycles. The quantitative estimate of drug-likeness (QED) is 0.810. The lowest BCUT2D eigenvalue weighted by Crippen LogP contribution is -2.26. The number of halogens is 1. The number of rotatable bonds is 6. The van der Waals surface area contributed by atoms with Crippen LogP contribution < -0.4 is 5.32 Å². The van der Waals surface area contributed by atoms with E-state index in [0.717, 1.165) is 14.9 Å². The maximum atomic E-state index is 11.0. The first-order chi connectivity index (χ1) is 9.56. The van der Waals surface area contributed by atoms with Crippen LogP contribution in [-0.2, 0) is 4.79 Å². The van der Waals surface area contributed by atoms with Crippen molar-refractivity contribution in [3.63, 3.8) is 0 Å². The Balaban J connectivity index is 2.11. The van der Waals surface area contributed by atoms with Gasteiger partial charge in [-0.05, 0) is 36.1 Å². The van der Waals surface area contributed by atoms with Gasteiger partial charge in [-0.3, -0.25) is 4.79 Å². The summed E-state index contributed by atoms with van der Waals surface area (Å²) in [6.07, 6.45) is 0.0847. The third-order valence-electron chi connectivity index (χ3n) is 3.09. The number of hydrogen-bond acceptors (Lipinski definition) is 3. The van der Waals surface area contributed by atoms with E-state index in [0.29, 0.717) is 0 Å². The highest BCUT2D eigenvalue weighted by molar-refractivity contribution is 9.10. The van der Waals surface area contributed by atoms with Crippen LogP contribution in [0.25, 0.3) is 0 Å². The van der Waals surface area contributed by atoms with E-state index < -0.39 is 5.97 Å². The summed E-state index contributed by atoms with van der Waals surface area (Å²) >= 11 is 4.99. The van der Waals surface area contributed by atoms with Gasteiger partial charge in [0.15, 0.2) is 0 Å². The van der Waals surface area contributed by atoms with Gasteiger partial charge in [-0.1, -0.05) is 34.1 Å². The molecule has 2 rings (SSSR count). The minimum Gasteiger partial charge on any atom is -0.481 e. The van der Waals surface area contributed by atoms with Crippen molar-refractivity contribution in [2.24, 2.45) is 0 Å². The van der Waals surface area contributed by atoms with E-state index in [4.69, 9.17) is 5.11 Å². The molecule has 5 heteroatoms. The standard InChI is InChI=1S/C15H16BrNO2S/c1-10(11-4-6-12(16)7-5-11)17-13(9-15(18)19)14-3-2-8-20-14/h2-8,10,13,17H,9H2,1H3,(H,18,19). The van der Waals surface area contributed by atoms with Gasteiger partial charge in [-0.2, -0.15) is 0 Å². The second-order valence-electron chi connectivity index (χ2n) is 4.61. The van der Waals surface area contributed by atoms with Gasteiger partial charge in [0.05, 0.1) is 12.5 Å². The summed E-state index contributed by atoms with van der Waals surface area (Å²) < 4.78 is 1.04. The molecule has 0 amide bonds. The first-order valence-corrected chi connectivity index (χ1v) is 8.00. The molecule has 2 unspecified atom stereocenters. The molecular weight excluding hydrogens is 338 g/mol. The summed E-state index contributed by atoms with van der Waals surface area (Å²) in [6, 6.07) is 11.9. The molecule has 2 atom stereocenters. The summed E-state index contributed by atoms with van der Waals surface area (Å²) in [7, 11) is 0. The number of benzene rings is 1. The topological polar surface area (TPSA) is 49.3 Å². The molecule has 20 heavy (non-hydrogen) atoms. The Morgan fingerprint density at radius 2 is 2.05 bits per heavy atom. The molecule has 106 valence electrons. The summed E-state index contributed by atoms with van der Waals surface area (Å²) in [5.41, 5.74) is 1.14. The Kier molecular flexibility index (Phi) is 5.34. The molecule has 0 aliphatic heterocycles. The fourth-order valence-corrected chi connectivity index (χ4v) is 3.11. The van der Waals surface area contributed by atoms with Gasteiger partial charge >= 0.3 is 5.97 Å². The van der Waals surface area contributed by atoms with Gasteiger partial charge in [0.2, 0.25) is 0 Å². The predicted octanol–water partition coefficient (Wildman–Crippen LogP) is 4.38. The van der Waals surface area contributed by atoms with Gasteiger partial charge in [-0.25, -0.2) is 0 Å². The third kappa shape index (κ3) is 4.16. The zero-order chi connectivity index (χ0) is 14.5. The highest BCUT2D eigenvalue weighted by Gasteiger charge is 2.19. The Bertz CT molecular complexity index is 554. The van der Waals surface area contributed by atoms with Gasteiger partial charge in [0, 0.05) is 15.4 Å². The molecular formula is C15H16BrNO2S. The average molecular weight is 354 g/mol. The molecule has 0 saturated carbocycles. The first kappa shape index (κ1) is 15.2. The van der Waals surface area contributed by atoms with Crippen molar-refractivity contribution >= 4 is 33.2 Å². The Hall–Kier alpha value is -1.17. The van der Waals surface area contributed by atoms with Gasteiger partial charge < -0.3 is 10.4 Å². The van der Waals surface area contributed by atoms with Crippen LogP contribution in [0.15, 0.2) is 46.3 Å².